The first-order valence-electron chi connectivity index (χ1n) is 7.81. The highest BCUT2D eigenvalue weighted by atomic mass is 35.5. The number of thiazole rings is 1. The Bertz CT molecular complexity index is 905. The minimum Gasteiger partial charge on any atom is -0.497 e. The number of hydrogen-bond acceptors (Lipinski definition) is 4. The molecule has 0 atom stereocenters. The van der Waals surface area contributed by atoms with Crippen molar-refractivity contribution in [2.24, 2.45) is 0 Å². The molecule has 4 nitrogen and oxygen atoms in total. The van der Waals surface area contributed by atoms with E-state index in [0.717, 1.165) is 28.2 Å². The third-order valence-corrected chi connectivity index (χ3v) is 5.30. The highest BCUT2D eigenvalue weighted by Gasteiger charge is 2.24. The van der Waals surface area contributed by atoms with Gasteiger partial charge in [0.25, 0.3) is 5.91 Å². The topological polar surface area (TPSA) is 42.4 Å². The predicted octanol–water partition coefficient (Wildman–Crippen LogP) is 5.61. The molecule has 26 heavy (non-hydrogen) atoms. The second kappa shape index (κ2) is 8.08. The zero-order valence-corrected chi connectivity index (χ0v) is 16.5. The van der Waals surface area contributed by atoms with Crippen molar-refractivity contribution in [2.45, 2.75) is 13.5 Å². The average Bonchev–Trinajstić information content (AvgIpc) is 3.07. The lowest BCUT2D eigenvalue weighted by molar-refractivity contribution is 0.0988. The van der Waals surface area contributed by atoms with Gasteiger partial charge < -0.3 is 9.64 Å². The summed E-state index contributed by atoms with van der Waals surface area (Å²) in [5.41, 5.74) is 2.54. The Morgan fingerprint density at radius 1 is 1.19 bits per heavy atom. The van der Waals surface area contributed by atoms with Gasteiger partial charge >= 0.3 is 0 Å². The van der Waals surface area contributed by atoms with Gasteiger partial charge in [0.15, 0.2) is 4.47 Å². The van der Waals surface area contributed by atoms with E-state index >= 15 is 0 Å². The Labute approximate surface area is 166 Å². The van der Waals surface area contributed by atoms with E-state index in [2.05, 4.69) is 4.98 Å². The number of aromatic nitrogens is 1. The fourth-order valence-corrected chi connectivity index (χ4v) is 3.83. The van der Waals surface area contributed by atoms with Gasteiger partial charge in [0, 0.05) is 0 Å². The van der Waals surface area contributed by atoms with Crippen LogP contribution in [0.15, 0.2) is 48.7 Å². The number of aryl methyl sites for hydroxylation is 1. The Morgan fingerprint density at radius 2 is 1.92 bits per heavy atom. The molecule has 2 aromatic carbocycles. The van der Waals surface area contributed by atoms with Gasteiger partial charge in [-0.25, -0.2) is 4.98 Å². The second-order valence-corrected chi connectivity index (χ2v) is 7.64. The molecule has 1 aromatic heterocycles. The minimum absolute atomic E-state index is 0.193. The van der Waals surface area contributed by atoms with E-state index in [1.807, 2.05) is 43.3 Å². The van der Waals surface area contributed by atoms with Crippen molar-refractivity contribution in [3.05, 3.63) is 74.2 Å². The van der Waals surface area contributed by atoms with E-state index in [1.54, 1.807) is 18.1 Å². The molecule has 0 aliphatic heterocycles. The third-order valence-electron chi connectivity index (χ3n) is 3.89. The Balaban J connectivity index is 2.02. The molecule has 0 saturated carbocycles. The van der Waals surface area contributed by atoms with Crippen molar-refractivity contribution in [2.75, 3.05) is 12.0 Å². The maximum atomic E-state index is 13.1. The molecule has 3 rings (SSSR count). The fraction of sp³-hybridized carbons (Fsp3) is 0.158. The van der Waals surface area contributed by atoms with Crippen molar-refractivity contribution in [3.8, 4) is 5.75 Å². The van der Waals surface area contributed by atoms with E-state index in [1.165, 1.54) is 6.20 Å². The fourth-order valence-electron chi connectivity index (χ4n) is 2.62. The third kappa shape index (κ3) is 4.01. The van der Waals surface area contributed by atoms with Gasteiger partial charge in [-0.3, -0.25) is 4.79 Å². The summed E-state index contributed by atoms with van der Waals surface area (Å²) in [6.45, 7) is 2.29. The van der Waals surface area contributed by atoms with E-state index in [9.17, 15) is 4.79 Å². The first kappa shape index (κ1) is 18.7. The number of hydrogen-bond donors (Lipinski definition) is 0. The summed E-state index contributed by atoms with van der Waals surface area (Å²) in [5, 5.41) is 0.516. The summed E-state index contributed by atoms with van der Waals surface area (Å²) in [5.74, 6) is 0.566. The van der Waals surface area contributed by atoms with E-state index in [4.69, 9.17) is 27.9 Å². The number of benzene rings is 2. The van der Waals surface area contributed by atoms with Crippen LogP contribution >= 0.6 is 34.5 Å². The molecule has 3 aromatic rings. The van der Waals surface area contributed by atoms with Gasteiger partial charge in [0.1, 0.15) is 10.6 Å². The number of para-hydroxylation sites is 1. The standard InChI is InChI=1S/C19H16Cl2N2O2S/c1-12-4-3-5-15(20)17(12)23(18(24)16-10-22-19(21)26-16)11-13-6-8-14(25-2)9-7-13/h3-10H,11H2,1-2H3. The lowest BCUT2D eigenvalue weighted by Crippen LogP contribution is -2.30. The molecule has 0 saturated heterocycles. The highest BCUT2D eigenvalue weighted by molar-refractivity contribution is 7.17. The number of carbonyl (C=O) groups is 1. The molecule has 1 amide bonds. The van der Waals surface area contributed by atoms with Gasteiger partial charge in [-0.1, -0.05) is 58.8 Å². The van der Waals surface area contributed by atoms with Gasteiger partial charge in [0.05, 0.1) is 30.6 Å². The summed E-state index contributed by atoms with van der Waals surface area (Å²) >= 11 is 13.5. The van der Waals surface area contributed by atoms with Crippen molar-refractivity contribution in [3.63, 3.8) is 0 Å². The van der Waals surface area contributed by atoms with E-state index < -0.39 is 0 Å². The molecule has 0 N–H and O–H groups in total. The smallest absolute Gasteiger partial charge is 0.270 e. The monoisotopic (exact) mass is 406 g/mol. The van der Waals surface area contributed by atoms with Gasteiger partial charge in [-0.05, 0) is 36.2 Å². The number of rotatable bonds is 5. The largest absolute Gasteiger partial charge is 0.497 e. The average molecular weight is 407 g/mol. The molecule has 1 heterocycles. The molecule has 0 aliphatic rings. The molecule has 134 valence electrons. The quantitative estimate of drug-likeness (QED) is 0.552. The number of methoxy groups -OCH3 is 1. The molecular formula is C19H16Cl2N2O2S. The van der Waals surface area contributed by atoms with Crippen LogP contribution in [0.1, 0.15) is 20.8 Å². The number of carbonyl (C=O) groups excluding carboxylic acids is 1. The second-order valence-electron chi connectivity index (χ2n) is 5.62. The predicted molar refractivity (Wildman–Crippen MR) is 107 cm³/mol. The van der Waals surface area contributed by atoms with Crippen molar-refractivity contribution >= 4 is 46.1 Å². The number of ether oxygens (including phenoxy) is 1. The molecule has 0 aliphatic carbocycles. The summed E-state index contributed by atoms with van der Waals surface area (Å²) in [7, 11) is 1.62. The van der Waals surface area contributed by atoms with Crippen LogP contribution in [0, 0.1) is 6.92 Å². The number of anilines is 1. The minimum atomic E-state index is -0.193. The van der Waals surface area contributed by atoms with E-state index in [0.29, 0.717) is 26.6 Å². The van der Waals surface area contributed by atoms with Crippen molar-refractivity contribution in [1.29, 1.82) is 0 Å². The molecule has 7 heteroatoms. The van der Waals surface area contributed by atoms with Crippen molar-refractivity contribution < 1.29 is 9.53 Å². The molecule has 0 fully saturated rings. The van der Waals surface area contributed by atoms with Crippen LogP contribution in [0.2, 0.25) is 9.49 Å². The van der Waals surface area contributed by atoms with Crippen LogP contribution in [-0.2, 0) is 6.54 Å². The number of halogens is 2. The van der Waals surface area contributed by atoms with Gasteiger partial charge in [-0.2, -0.15) is 0 Å². The lowest BCUT2D eigenvalue weighted by atomic mass is 10.1. The van der Waals surface area contributed by atoms with E-state index in [-0.39, 0.29) is 5.91 Å². The molecular weight excluding hydrogens is 391 g/mol. The van der Waals surface area contributed by atoms with Crippen LogP contribution in [0.3, 0.4) is 0 Å². The molecule has 0 spiro atoms. The molecule has 0 unspecified atom stereocenters. The van der Waals surface area contributed by atoms with Crippen LogP contribution in [0.25, 0.3) is 0 Å². The SMILES string of the molecule is COc1ccc(CN(C(=O)c2cnc(Cl)s2)c2c(C)cccc2Cl)cc1. The van der Waals surface area contributed by atoms with Crippen LogP contribution in [-0.4, -0.2) is 18.0 Å². The molecule has 0 radical (unpaired) electrons. The maximum absolute atomic E-state index is 13.1. The molecule has 0 bridgehead atoms. The first-order chi connectivity index (χ1) is 12.5. The summed E-state index contributed by atoms with van der Waals surface area (Å²) in [6, 6.07) is 13.1. The maximum Gasteiger partial charge on any atom is 0.270 e. The number of nitrogens with zero attached hydrogens (tertiary/aromatic N) is 2. The van der Waals surface area contributed by atoms with Crippen LogP contribution < -0.4 is 9.64 Å². The Kier molecular flexibility index (Phi) is 5.81. The number of amides is 1. The van der Waals surface area contributed by atoms with Crippen LogP contribution in [0.5, 0.6) is 5.75 Å². The summed E-state index contributed by atoms with van der Waals surface area (Å²) in [4.78, 5) is 19.2. The Morgan fingerprint density at radius 3 is 2.50 bits per heavy atom. The zero-order valence-electron chi connectivity index (χ0n) is 14.2. The highest BCUT2D eigenvalue weighted by Crippen LogP contribution is 2.33. The van der Waals surface area contributed by atoms with Gasteiger partial charge in [0.2, 0.25) is 0 Å². The lowest BCUT2D eigenvalue weighted by Gasteiger charge is -2.25. The van der Waals surface area contributed by atoms with Gasteiger partial charge in [-0.15, -0.1) is 0 Å². The zero-order chi connectivity index (χ0) is 18.7. The van der Waals surface area contributed by atoms with Crippen LogP contribution in [0.4, 0.5) is 5.69 Å². The normalized spacial score (nSPS) is 10.6. The summed E-state index contributed by atoms with van der Waals surface area (Å²) < 4.78 is 5.52. The van der Waals surface area contributed by atoms with Crippen molar-refractivity contribution in [1.82, 2.24) is 4.98 Å². The first-order valence-corrected chi connectivity index (χ1v) is 9.38. The Hall–Kier alpha value is -2.08. The summed E-state index contributed by atoms with van der Waals surface area (Å²) in [6.07, 6.45) is 1.49.